The summed E-state index contributed by atoms with van der Waals surface area (Å²) in [6, 6.07) is 11.3. The molecular weight excluding hydrogens is 348 g/mol. The van der Waals surface area contributed by atoms with E-state index in [1.54, 1.807) is 19.2 Å². The minimum atomic E-state index is -0.00129. The van der Waals surface area contributed by atoms with Crippen LogP contribution in [0, 0.1) is 11.8 Å². The molecule has 26 heavy (non-hydrogen) atoms. The summed E-state index contributed by atoms with van der Waals surface area (Å²) in [6.45, 7) is 2.03. The lowest BCUT2D eigenvalue weighted by Crippen LogP contribution is -2.29. The molecule has 1 aromatic heterocycles. The van der Waals surface area contributed by atoms with Crippen molar-refractivity contribution in [2.75, 3.05) is 12.4 Å². The summed E-state index contributed by atoms with van der Waals surface area (Å²) >= 11 is 5.89. The number of aromatic nitrogens is 1. The minimum Gasteiger partial charge on any atom is -0.481 e. The van der Waals surface area contributed by atoms with Crippen LogP contribution in [0.15, 0.2) is 42.6 Å². The van der Waals surface area contributed by atoms with Gasteiger partial charge in [0.1, 0.15) is 0 Å². The number of nitrogens with zero attached hydrogens (tertiary/aromatic N) is 1. The van der Waals surface area contributed by atoms with E-state index in [0.29, 0.717) is 22.7 Å². The number of pyridine rings is 1. The van der Waals surface area contributed by atoms with Crippen LogP contribution in [0.4, 0.5) is 5.69 Å². The van der Waals surface area contributed by atoms with Crippen LogP contribution in [-0.4, -0.2) is 18.0 Å². The molecule has 4 nitrogen and oxygen atoms in total. The molecule has 1 saturated carbocycles. The van der Waals surface area contributed by atoms with Crippen LogP contribution in [0.3, 0.4) is 0 Å². The van der Waals surface area contributed by atoms with Crippen molar-refractivity contribution in [1.29, 1.82) is 0 Å². The smallest absolute Gasteiger partial charge is 0.227 e. The zero-order valence-electron chi connectivity index (χ0n) is 15.2. The third-order valence-corrected chi connectivity index (χ3v) is 5.70. The van der Waals surface area contributed by atoms with Gasteiger partial charge in [0.25, 0.3) is 0 Å². The van der Waals surface area contributed by atoms with Crippen molar-refractivity contribution in [3.8, 4) is 5.88 Å². The third-order valence-electron chi connectivity index (χ3n) is 5.44. The number of carbonyl (C=O) groups excluding carboxylic acids is 1. The van der Waals surface area contributed by atoms with Gasteiger partial charge < -0.3 is 10.1 Å². The largest absolute Gasteiger partial charge is 0.481 e. The summed E-state index contributed by atoms with van der Waals surface area (Å²) < 4.78 is 5.23. The van der Waals surface area contributed by atoms with Gasteiger partial charge in [0, 0.05) is 28.9 Å². The highest BCUT2D eigenvalue weighted by Gasteiger charge is 2.29. The van der Waals surface area contributed by atoms with Crippen molar-refractivity contribution in [2.24, 2.45) is 11.8 Å². The first-order valence-corrected chi connectivity index (χ1v) is 9.51. The number of ether oxygens (including phenoxy) is 1. The predicted molar refractivity (Wildman–Crippen MR) is 105 cm³/mol. The molecule has 5 heteroatoms. The molecule has 0 radical (unpaired) electrons. The van der Waals surface area contributed by atoms with Gasteiger partial charge in [0.15, 0.2) is 0 Å². The molecule has 0 bridgehead atoms. The third kappa shape index (κ3) is 4.55. The van der Waals surface area contributed by atoms with Crippen molar-refractivity contribution < 1.29 is 9.53 Å². The number of hydrogen-bond donors (Lipinski definition) is 1. The molecule has 0 unspecified atom stereocenters. The van der Waals surface area contributed by atoms with E-state index in [0.717, 1.165) is 31.4 Å². The van der Waals surface area contributed by atoms with Gasteiger partial charge >= 0.3 is 0 Å². The molecule has 0 aliphatic heterocycles. The van der Waals surface area contributed by atoms with E-state index in [9.17, 15) is 4.79 Å². The van der Waals surface area contributed by atoms with Gasteiger partial charge in [0.05, 0.1) is 7.11 Å². The van der Waals surface area contributed by atoms with E-state index in [2.05, 4.69) is 16.4 Å². The first-order chi connectivity index (χ1) is 12.6. The van der Waals surface area contributed by atoms with E-state index in [4.69, 9.17) is 16.3 Å². The Kier molecular flexibility index (Phi) is 6.15. The molecule has 1 atom stereocenters. The number of anilines is 1. The predicted octanol–water partition coefficient (Wildman–Crippen LogP) is 5.29. The molecule has 0 spiro atoms. The quantitative estimate of drug-likeness (QED) is 0.775. The molecule has 1 aliphatic rings. The Balaban J connectivity index is 1.55. The summed E-state index contributed by atoms with van der Waals surface area (Å²) in [6.07, 6.45) is 6.12. The zero-order valence-corrected chi connectivity index (χ0v) is 16.0. The summed E-state index contributed by atoms with van der Waals surface area (Å²) in [5.74, 6) is 1.69. The molecule has 2 aromatic rings. The number of nitrogens with one attached hydrogen (secondary N) is 1. The van der Waals surface area contributed by atoms with E-state index in [1.807, 2.05) is 31.3 Å². The number of carbonyl (C=O) groups is 1. The summed E-state index contributed by atoms with van der Waals surface area (Å²) in [5, 5.41) is 3.67. The maximum Gasteiger partial charge on any atom is 0.227 e. The van der Waals surface area contributed by atoms with Gasteiger partial charge in [-0.2, -0.15) is 0 Å². The average molecular weight is 373 g/mol. The van der Waals surface area contributed by atoms with Crippen molar-refractivity contribution in [1.82, 2.24) is 4.98 Å². The Morgan fingerprint density at radius 1 is 1.19 bits per heavy atom. The molecule has 3 rings (SSSR count). The van der Waals surface area contributed by atoms with Crippen LogP contribution < -0.4 is 10.1 Å². The van der Waals surface area contributed by atoms with Gasteiger partial charge in [-0.3, -0.25) is 4.79 Å². The molecule has 0 saturated heterocycles. The Bertz CT molecular complexity index is 740. The fraction of sp³-hybridized carbons (Fsp3) is 0.429. The van der Waals surface area contributed by atoms with Crippen molar-refractivity contribution in [3.63, 3.8) is 0 Å². The lowest BCUT2D eigenvalue weighted by atomic mass is 9.74. The van der Waals surface area contributed by atoms with Gasteiger partial charge in [-0.1, -0.05) is 18.5 Å². The summed E-state index contributed by atoms with van der Waals surface area (Å²) in [4.78, 5) is 16.7. The van der Waals surface area contributed by atoms with E-state index in [-0.39, 0.29) is 11.8 Å². The molecule has 1 amide bonds. The van der Waals surface area contributed by atoms with Gasteiger partial charge in [-0.25, -0.2) is 4.98 Å². The van der Waals surface area contributed by atoms with Crippen LogP contribution in [0.1, 0.15) is 44.1 Å². The zero-order chi connectivity index (χ0) is 18.5. The minimum absolute atomic E-state index is 0.00129. The molecule has 1 heterocycles. The summed E-state index contributed by atoms with van der Waals surface area (Å²) in [5.41, 5.74) is 2.08. The second-order valence-electron chi connectivity index (χ2n) is 7.03. The number of amides is 1. The normalized spacial score (nSPS) is 21.0. The standard InChI is InChI=1S/C21H25ClN2O2/c1-14(21(25)24-19-9-7-18(22)8-10-19)15-3-5-16(6-4-15)17-11-12-23-20(13-17)26-2/h7-16H,3-6H2,1-2H3,(H,24,25)/t14-,15-,16-/m1/s1. The maximum atomic E-state index is 12.6. The van der Waals surface area contributed by atoms with E-state index >= 15 is 0 Å². The monoisotopic (exact) mass is 372 g/mol. The molecular formula is C21H25ClN2O2. The van der Waals surface area contributed by atoms with Crippen LogP contribution in [0.25, 0.3) is 0 Å². The summed E-state index contributed by atoms with van der Waals surface area (Å²) in [7, 11) is 1.64. The van der Waals surface area contributed by atoms with E-state index < -0.39 is 0 Å². The molecule has 138 valence electrons. The highest BCUT2D eigenvalue weighted by molar-refractivity contribution is 6.30. The van der Waals surface area contributed by atoms with Gasteiger partial charge in [-0.15, -0.1) is 0 Å². The number of rotatable bonds is 5. The lowest BCUT2D eigenvalue weighted by molar-refractivity contribution is -0.121. The Morgan fingerprint density at radius 2 is 1.88 bits per heavy atom. The van der Waals surface area contributed by atoms with Crippen LogP contribution in [-0.2, 0) is 4.79 Å². The van der Waals surface area contributed by atoms with Crippen molar-refractivity contribution in [3.05, 3.63) is 53.2 Å². The second kappa shape index (κ2) is 8.54. The topological polar surface area (TPSA) is 51.2 Å². The van der Waals surface area contributed by atoms with Crippen LogP contribution >= 0.6 is 11.6 Å². The number of halogens is 1. The van der Waals surface area contributed by atoms with Gasteiger partial charge in [0.2, 0.25) is 11.8 Å². The number of hydrogen-bond acceptors (Lipinski definition) is 3. The Morgan fingerprint density at radius 3 is 2.54 bits per heavy atom. The molecule has 1 aromatic carbocycles. The highest BCUT2D eigenvalue weighted by atomic mass is 35.5. The Hall–Kier alpha value is -2.07. The average Bonchev–Trinajstić information content (AvgIpc) is 2.69. The SMILES string of the molecule is COc1cc([C@H]2CC[C@H]([C@@H](C)C(=O)Nc3ccc(Cl)cc3)CC2)ccn1. The first-order valence-electron chi connectivity index (χ1n) is 9.13. The number of benzene rings is 1. The Labute approximate surface area is 159 Å². The van der Waals surface area contributed by atoms with Crippen molar-refractivity contribution >= 4 is 23.2 Å². The van der Waals surface area contributed by atoms with Crippen LogP contribution in [0.2, 0.25) is 5.02 Å². The fourth-order valence-electron chi connectivity index (χ4n) is 3.75. The van der Waals surface area contributed by atoms with Gasteiger partial charge in [-0.05, 0) is 73.4 Å². The second-order valence-corrected chi connectivity index (χ2v) is 7.46. The number of methoxy groups -OCH3 is 1. The van der Waals surface area contributed by atoms with Crippen LogP contribution in [0.5, 0.6) is 5.88 Å². The fourth-order valence-corrected chi connectivity index (χ4v) is 3.87. The molecule has 1 aliphatic carbocycles. The highest BCUT2D eigenvalue weighted by Crippen LogP contribution is 2.39. The van der Waals surface area contributed by atoms with Crippen molar-refractivity contribution in [2.45, 2.75) is 38.5 Å². The molecule has 1 fully saturated rings. The lowest BCUT2D eigenvalue weighted by Gasteiger charge is -2.32. The molecule has 1 N–H and O–H groups in total. The first kappa shape index (κ1) is 18.7. The maximum absolute atomic E-state index is 12.6. The van der Waals surface area contributed by atoms with E-state index in [1.165, 1.54) is 5.56 Å².